The van der Waals surface area contributed by atoms with E-state index in [9.17, 15) is 18.0 Å². The Morgan fingerprint density at radius 3 is 2.00 bits per heavy atom. The van der Waals surface area contributed by atoms with Gasteiger partial charge in [0.1, 0.15) is 0 Å². The Kier molecular flexibility index (Phi) is 5.94. The van der Waals surface area contributed by atoms with Crippen molar-refractivity contribution >= 4 is 27.4 Å². The molecule has 138 valence electrons. The number of anilines is 1. The summed E-state index contributed by atoms with van der Waals surface area (Å²) in [5, 5.41) is 2.49. The first kappa shape index (κ1) is 19.8. The standard InChI is InChI=1S/C19H22N2O4S/c1-13(2)21(4)26(24,25)17-11-9-16(10-12-17)20-19(23)18(22)15-7-5-14(3)6-8-15/h5-13H,1-4H3,(H,20,23). The summed E-state index contributed by atoms with van der Waals surface area (Å²) in [5.41, 5.74) is 1.64. The number of aryl methyl sites for hydroxylation is 1. The van der Waals surface area contributed by atoms with Crippen LogP contribution in [0.25, 0.3) is 0 Å². The van der Waals surface area contributed by atoms with Gasteiger partial charge < -0.3 is 5.32 Å². The molecule has 0 spiro atoms. The van der Waals surface area contributed by atoms with Crippen molar-refractivity contribution in [3.8, 4) is 0 Å². The second kappa shape index (κ2) is 7.80. The molecule has 0 aliphatic heterocycles. The smallest absolute Gasteiger partial charge is 0.296 e. The summed E-state index contributed by atoms with van der Waals surface area (Å²) >= 11 is 0. The third kappa shape index (κ3) is 4.36. The van der Waals surface area contributed by atoms with Gasteiger partial charge in [0.05, 0.1) is 4.90 Å². The van der Waals surface area contributed by atoms with Gasteiger partial charge in [-0.1, -0.05) is 29.8 Å². The van der Waals surface area contributed by atoms with Crippen LogP contribution in [0, 0.1) is 6.92 Å². The van der Waals surface area contributed by atoms with Crippen LogP contribution in [0.5, 0.6) is 0 Å². The number of rotatable bonds is 6. The van der Waals surface area contributed by atoms with Gasteiger partial charge in [-0.05, 0) is 45.0 Å². The van der Waals surface area contributed by atoms with Crippen molar-refractivity contribution in [1.29, 1.82) is 0 Å². The predicted octanol–water partition coefficient (Wildman–Crippen LogP) is 2.85. The molecule has 0 aliphatic carbocycles. The summed E-state index contributed by atoms with van der Waals surface area (Å²) in [4.78, 5) is 24.3. The number of amides is 1. The van der Waals surface area contributed by atoms with E-state index in [1.165, 1.54) is 35.6 Å². The van der Waals surface area contributed by atoms with E-state index >= 15 is 0 Å². The number of hydrogen-bond acceptors (Lipinski definition) is 4. The first-order valence-corrected chi connectivity index (χ1v) is 9.57. The number of nitrogens with one attached hydrogen (secondary N) is 1. The Balaban J connectivity index is 2.13. The van der Waals surface area contributed by atoms with Gasteiger partial charge in [0.15, 0.2) is 0 Å². The Morgan fingerprint density at radius 1 is 0.962 bits per heavy atom. The van der Waals surface area contributed by atoms with Gasteiger partial charge >= 0.3 is 0 Å². The lowest BCUT2D eigenvalue weighted by Gasteiger charge is -2.21. The van der Waals surface area contributed by atoms with Crippen LogP contribution in [0.15, 0.2) is 53.4 Å². The molecule has 0 saturated heterocycles. The largest absolute Gasteiger partial charge is 0.319 e. The Bertz CT molecular complexity index is 902. The number of carbonyl (C=O) groups is 2. The number of ketones is 1. The number of sulfonamides is 1. The highest BCUT2D eigenvalue weighted by Crippen LogP contribution is 2.19. The van der Waals surface area contributed by atoms with E-state index in [1.807, 2.05) is 6.92 Å². The molecule has 2 aromatic rings. The number of hydrogen-bond donors (Lipinski definition) is 1. The SMILES string of the molecule is Cc1ccc(C(=O)C(=O)Nc2ccc(S(=O)(=O)N(C)C(C)C)cc2)cc1. The van der Waals surface area contributed by atoms with Gasteiger partial charge in [-0.3, -0.25) is 9.59 Å². The topological polar surface area (TPSA) is 83.5 Å². The molecule has 0 radical (unpaired) electrons. The van der Waals surface area contributed by atoms with Crippen LogP contribution in [0.4, 0.5) is 5.69 Å². The first-order chi connectivity index (χ1) is 12.1. The molecular formula is C19H22N2O4S. The van der Waals surface area contributed by atoms with E-state index in [4.69, 9.17) is 0 Å². The molecule has 0 atom stereocenters. The molecule has 1 N–H and O–H groups in total. The maximum absolute atomic E-state index is 12.4. The van der Waals surface area contributed by atoms with E-state index in [0.717, 1.165) is 5.56 Å². The highest BCUT2D eigenvalue weighted by molar-refractivity contribution is 7.89. The van der Waals surface area contributed by atoms with E-state index in [1.54, 1.807) is 38.1 Å². The van der Waals surface area contributed by atoms with Crippen LogP contribution >= 0.6 is 0 Å². The minimum Gasteiger partial charge on any atom is -0.319 e. The normalized spacial score (nSPS) is 11.6. The second-order valence-corrected chi connectivity index (χ2v) is 8.29. The molecule has 2 aromatic carbocycles. The van der Waals surface area contributed by atoms with E-state index in [-0.39, 0.29) is 10.9 Å². The van der Waals surface area contributed by atoms with Crippen molar-refractivity contribution < 1.29 is 18.0 Å². The van der Waals surface area contributed by atoms with Gasteiger partial charge in [0, 0.05) is 24.3 Å². The summed E-state index contributed by atoms with van der Waals surface area (Å²) in [6.07, 6.45) is 0. The lowest BCUT2D eigenvalue weighted by molar-refractivity contribution is -0.112. The molecule has 0 heterocycles. The van der Waals surface area contributed by atoms with Gasteiger partial charge in [-0.15, -0.1) is 0 Å². The molecule has 0 unspecified atom stereocenters. The number of Topliss-reactive ketones (excluding diaryl/α,β-unsaturated/α-hetero) is 1. The monoisotopic (exact) mass is 374 g/mol. The minimum atomic E-state index is -3.59. The summed E-state index contributed by atoms with van der Waals surface area (Å²) in [6, 6.07) is 12.2. The molecule has 6 nitrogen and oxygen atoms in total. The quantitative estimate of drug-likeness (QED) is 0.622. The molecule has 0 bridgehead atoms. The third-order valence-corrected chi connectivity index (χ3v) is 6.08. The summed E-state index contributed by atoms with van der Waals surface area (Å²) in [5.74, 6) is -1.43. The van der Waals surface area contributed by atoms with Crippen molar-refractivity contribution in [2.75, 3.05) is 12.4 Å². The third-order valence-electron chi connectivity index (χ3n) is 4.04. The van der Waals surface area contributed by atoms with E-state index in [2.05, 4.69) is 5.32 Å². The zero-order valence-electron chi connectivity index (χ0n) is 15.2. The minimum absolute atomic E-state index is 0.122. The molecule has 7 heteroatoms. The second-order valence-electron chi connectivity index (χ2n) is 6.29. The summed E-state index contributed by atoms with van der Waals surface area (Å²) in [7, 11) is -2.08. The molecule has 26 heavy (non-hydrogen) atoms. The Hall–Kier alpha value is -2.51. The molecule has 0 aliphatic rings. The molecule has 2 rings (SSSR count). The Labute approximate surface area is 153 Å². The molecule has 1 amide bonds. The van der Waals surface area contributed by atoms with Crippen LogP contribution in [-0.2, 0) is 14.8 Å². The van der Waals surface area contributed by atoms with Crippen molar-refractivity contribution in [3.63, 3.8) is 0 Å². The van der Waals surface area contributed by atoms with Gasteiger partial charge in [-0.2, -0.15) is 4.31 Å². The van der Waals surface area contributed by atoms with Gasteiger partial charge in [-0.25, -0.2) is 8.42 Å². The van der Waals surface area contributed by atoms with Gasteiger partial charge in [0.2, 0.25) is 10.0 Å². The maximum atomic E-state index is 12.4. The van der Waals surface area contributed by atoms with Crippen molar-refractivity contribution in [3.05, 3.63) is 59.7 Å². The zero-order valence-corrected chi connectivity index (χ0v) is 16.0. The lowest BCUT2D eigenvalue weighted by atomic mass is 10.1. The molecular weight excluding hydrogens is 352 g/mol. The summed E-state index contributed by atoms with van der Waals surface area (Å²) < 4.78 is 26.1. The van der Waals surface area contributed by atoms with Crippen LogP contribution < -0.4 is 5.32 Å². The van der Waals surface area contributed by atoms with Crippen molar-refractivity contribution in [2.45, 2.75) is 31.7 Å². The average Bonchev–Trinajstić information content (AvgIpc) is 2.61. The number of nitrogens with zero attached hydrogens (tertiary/aromatic N) is 1. The average molecular weight is 374 g/mol. The fourth-order valence-electron chi connectivity index (χ4n) is 2.18. The van der Waals surface area contributed by atoms with Crippen molar-refractivity contribution in [1.82, 2.24) is 4.31 Å². The fourth-order valence-corrected chi connectivity index (χ4v) is 3.55. The lowest BCUT2D eigenvalue weighted by Crippen LogP contribution is -2.33. The number of benzene rings is 2. The predicted molar refractivity (Wildman–Crippen MR) is 101 cm³/mol. The van der Waals surface area contributed by atoms with Gasteiger partial charge in [0.25, 0.3) is 11.7 Å². The highest BCUT2D eigenvalue weighted by Gasteiger charge is 2.23. The highest BCUT2D eigenvalue weighted by atomic mass is 32.2. The van der Waals surface area contributed by atoms with Crippen molar-refractivity contribution in [2.24, 2.45) is 0 Å². The maximum Gasteiger partial charge on any atom is 0.296 e. The first-order valence-electron chi connectivity index (χ1n) is 8.13. The van der Waals surface area contributed by atoms with Crippen LogP contribution in [0.2, 0.25) is 0 Å². The fraction of sp³-hybridized carbons (Fsp3) is 0.263. The molecule has 0 saturated carbocycles. The van der Waals surface area contributed by atoms with E-state index < -0.39 is 21.7 Å². The van der Waals surface area contributed by atoms with Crippen LogP contribution in [0.3, 0.4) is 0 Å². The summed E-state index contributed by atoms with van der Waals surface area (Å²) in [6.45, 7) is 5.45. The van der Waals surface area contributed by atoms with Crippen LogP contribution in [-0.4, -0.2) is 37.5 Å². The Morgan fingerprint density at radius 2 is 1.50 bits per heavy atom. The number of carbonyl (C=O) groups excluding carboxylic acids is 2. The van der Waals surface area contributed by atoms with E-state index in [0.29, 0.717) is 11.3 Å². The molecule has 0 aromatic heterocycles. The zero-order chi connectivity index (χ0) is 19.5. The van der Waals surface area contributed by atoms with Crippen LogP contribution in [0.1, 0.15) is 29.8 Å². The molecule has 0 fully saturated rings.